The Morgan fingerprint density at radius 3 is 2.57 bits per heavy atom. The van der Waals surface area contributed by atoms with Gasteiger partial charge in [-0.1, -0.05) is 36.9 Å². The third-order valence-electron chi connectivity index (χ3n) is 5.82. The smallest absolute Gasteiger partial charge is 0.235 e. The van der Waals surface area contributed by atoms with Gasteiger partial charge in [-0.2, -0.15) is 0 Å². The van der Waals surface area contributed by atoms with Crippen LogP contribution in [0, 0.1) is 0 Å². The maximum atomic E-state index is 13.0. The SMILES string of the molecule is CCc1ccccc1-n1c(S[C@H](C)C(=O)N2CCCCC2)nnc1N1CCOCC1. The molecule has 7 nitrogen and oxygen atoms in total. The molecule has 0 saturated carbocycles. The molecule has 2 aliphatic heterocycles. The van der Waals surface area contributed by atoms with E-state index >= 15 is 0 Å². The molecular weight excluding hydrogens is 398 g/mol. The average molecular weight is 430 g/mol. The van der Waals surface area contributed by atoms with Crippen LogP contribution in [0.1, 0.15) is 38.7 Å². The number of carbonyl (C=O) groups is 1. The quantitative estimate of drug-likeness (QED) is 0.658. The molecule has 2 fully saturated rings. The highest BCUT2D eigenvalue weighted by Gasteiger charge is 2.28. The molecule has 0 N–H and O–H groups in total. The van der Waals surface area contributed by atoms with Crippen molar-refractivity contribution in [2.45, 2.75) is 49.9 Å². The number of likely N-dealkylation sites (tertiary alicyclic amines) is 1. The largest absolute Gasteiger partial charge is 0.378 e. The summed E-state index contributed by atoms with van der Waals surface area (Å²) in [6.07, 6.45) is 4.34. The minimum absolute atomic E-state index is 0.197. The van der Waals surface area contributed by atoms with Crippen LogP contribution in [0.5, 0.6) is 0 Å². The molecule has 2 saturated heterocycles. The van der Waals surface area contributed by atoms with Crippen molar-refractivity contribution in [2.24, 2.45) is 0 Å². The first-order chi connectivity index (χ1) is 14.7. The summed E-state index contributed by atoms with van der Waals surface area (Å²) in [6.45, 7) is 8.85. The Morgan fingerprint density at radius 2 is 1.83 bits per heavy atom. The Balaban J connectivity index is 1.65. The zero-order valence-corrected chi connectivity index (χ0v) is 18.7. The number of para-hydroxylation sites is 1. The van der Waals surface area contributed by atoms with Crippen LogP contribution >= 0.6 is 11.8 Å². The highest BCUT2D eigenvalue weighted by atomic mass is 32.2. The summed E-state index contributed by atoms with van der Waals surface area (Å²) in [5, 5.41) is 9.66. The van der Waals surface area contributed by atoms with Gasteiger partial charge in [-0.25, -0.2) is 0 Å². The molecule has 1 amide bonds. The van der Waals surface area contributed by atoms with E-state index in [2.05, 4.69) is 44.8 Å². The second-order valence-electron chi connectivity index (χ2n) is 7.85. The number of benzene rings is 1. The molecule has 0 unspecified atom stereocenters. The second kappa shape index (κ2) is 9.83. The van der Waals surface area contributed by atoms with Gasteiger partial charge in [-0.3, -0.25) is 9.36 Å². The van der Waals surface area contributed by atoms with Crippen LogP contribution in [0.25, 0.3) is 5.69 Å². The Kier molecular flexibility index (Phi) is 6.94. The second-order valence-corrected chi connectivity index (χ2v) is 9.15. The summed E-state index contributed by atoms with van der Waals surface area (Å²) in [4.78, 5) is 17.2. The molecular formula is C22H31N5O2S. The number of carbonyl (C=O) groups excluding carboxylic acids is 1. The topological polar surface area (TPSA) is 63.5 Å². The van der Waals surface area contributed by atoms with Gasteiger partial charge in [-0.15, -0.1) is 10.2 Å². The lowest BCUT2D eigenvalue weighted by Gasteiger charge is -2.29. The van der Waals surface area contributed by atoms with Crippen LogP contribution < -0.4 is 4.90 Å². The monoisotopic (exact) mass is 429 g/mol. The van der Waals surface area contributed by atoms with Crippen molar-refractivity contribution in [3.8, 4) is 5.69 Å². The summed E-state index contributed by atoms with van der Waals surface area (Å²) in [5.74, 6) is 1.03. The van der Waals surface area contributed by atoms with E-state index in [-0.39, 0.29) is 11.2 Å². The average Bonchev–Trinajstić information content (AvgIpc) is 3.22. The fourth-order valence-corrected chi connectivity index (χ4v) is 5.06. The van der Waals surface area contributed by atoms with E-state index < -0.39 is 0 Å². The van der Waals surface area contributed by atoms with Crippen LogP contribution in [-0.4, -0.2) is 70.2 Å². The van der Waals surface area contributed by atoms with Crippen LogP contribution in [0.15, 0.2) is 29.4 Å². The number of nitrogens with zero attached hydrogens (tertiary/aromatic N) is 5. The summed E-state index contributed by atoms with van der Waals surface area (Å²) in [7, 11) is 0. The van der Waals surface area contributed by atoms with Crippen molar-refractivity contribution >= 4 is 23.6 Å². The summed E-state index contributed by atoms with van der Waals surface area (Å²) >= 11 is 1.51. The van der Waals surface area contributed by atoms with Crippen molar-refractivity contribution in [3.63, 3.8) is 0 Å². The Hall–Kier alpha value is -2.06. The van der Waals surface area contributed by atoms with Gasteiger partial charge >= 0.3 is 0 Å². The molecule has 0 spiro atoms. The molecule has 0 radical (unpaired) electrons. The number of thioether (sulfide) groups is 1. The number of hydrogen-bond acceptors (Lipinski definition) is 6. The third-order valence-corrected chi connectivity index (χ3v) is 6.85. The van der Waals surface area contributed by atoms with E-state index in [4.69, 9.17) is 4.74 Å². The lowest BCUT2D eigenvalue weighted by molar-refractivity contribution is -0.131. The first-order valence-electron chi connectivity index (χ1n) is 11.0. The molecule has 162 valence electrons. The van der Waals surface area contributed by atoms with E-state index in [1.807, 2.05) is 17.9 Å². The Morgan fingerprint density at radius 1 is 1.10 bits per heavy atom. The fourth-order valence-electron chi connectivity index (χ4n) is 4.13. The Bertz CT molecular complexity index is 859. The predicted octanol–water partition coefficient (Wildman–Crippen LogP) is 3.16. The van der Waals surface area contributed by atoms with E-state index in [9.17, 15) is 4.79 Å². The zero-order valence-electron chi connectivity index (χ0n) is 17.9. The number of amides is 1. The van der Waals surface area contributed by atoms with Crippen LogP contribution in [0.2, 0.25) is 0 Å². The summed E-state index contributed by atoms with van der Waals surface area (Å²) in [5.41, 5.74) is 2.33. The maximum Gasteiger partial charge on any atom is 0.235 e. The van der Waals surface area contributed by atoms with Crippen LogP contribution in [0.3, 0.4) is 0 Å². The molecule has 8 heteroatoms. The predicted molar refractivity (Wildman–Crippen MR) is 120 cm³/mol. The van der Waals surface area contributed by atoms with E-state index in [1.165, 1.54) is 23.7 Å². The van der Waals surface area contributed by atoms with Gasteiger partial charge in [0.05, 0.1) is 24.2 Å². The molecule has 0 bridgehead atoms. The van der Waals surface area contributed by atoms with Crippen molar-refractivity contribution in [1.29, 1.82) is 0 Å². The lowest BCUT2D eigenvalue weighted by Crippen LogP contribution is -2.40. The standard InChI is InChI=1S/C22H31N5O2S/c1-3-18-9-5-6-10-19(18)27-21(26-13-15-29-16-14-26)23-24-22(27)30-17(2)20(28)25-11-7-4-8-12-25/h5-6,9-10,17H,3-4,7-8,11-16H2,1-2H3/t17-/m1/s1. The molecule has 1 aromatic heterocycles. The van der Waals surface area contributed by atoms with Crippen molar-refractivity contribution in [1.82, 2.24) is 19.7 Å². The van der Waals surface area contributed by atoms with E-state index in [0.29, 0.717) is 13.2 Å². The Labute approximate surface area is 182 Å². The number of rotatable bonds is 6. The van der Waals surface area contributed by atoms with Crippen LogP contribution in [0.4, 0.5) is 5.95 Å². The minimum Gasteiger partial charge on any atom is -0.378 e. The third kappa shape index (κ3) is 4.49. The van der Waals surface area contributed by atoms with Gasteiger partial charge in [-0.05, 0) is 44.2 Å². The zero-order chi connectivity index (χ0) is 20.9. The van der Waals surface area contributed by atoms with Gasteiger partial charge in [0.25, 0.3) is 0 Å². The number of anilines is 1. The number of hydrogen-bond donors (Lipinski definition) is 0. The number of morpholine rings is 1. The van der Waals surface area contributed by atoms with Gasteiger partial charge in [0.15, 0.2) is 5.16 Å². The van der Waals surface area contributed by atoms with E-state index in [0.717, 1.165) is 62.2 Å². The van der Waals surface area contributed by atoms with Gasteiger partial charge < -0.3 is 14.5 Å². The van der Waals surface area contributed by atoms with Gasteiger partial charge in [0.1, 0.15) is 0 Å². The highest BCUT2D eigenvalue weighted by Crippen LogP contribution is 2.32. The highest BCUT2D eigenvalue weighted by molar-refractivity contribution is 8.00. The normalized spacial score (nSPS) is 18.5. The number of aromatic nitrogens is 3. The lowest BCUT2D eigenvalue weighted by atomic mass is 10.1. The molecule has 2 aromatic rings. The van der Waals surface area contributed by atoms with Crippen molar-refractivity contribution in [2.75, 3.05) is 44.3 Å². The first-order valence-corrected chi connectivity index (χ1v) is 11.9. The summed E-state index contributed by atoms with van der Waals surface area (Å²) in [6, 6.07) is 8.38. The summed E-state index contributed by atoms with van der Waals surface area (Å²) < 4.78 is 7.66. The number of aryl methyl sites for hydroxylation is 1. The van der Waals surface area contributed by atoms with Gasteiger partial charge in [0.2, 0.25) is 11.9 Å². The van der Waals surface area contributed by atoms with Gasteiger partial charge in [0, 0.05) is 26.2 Å². The molecule has 0 aliphatic carbocycles. The van der Waals surface area contributed by atoms with Crippen molar-refractivity contribution in [3.05, 3.63) is 29.8 Å². The molecule has 1 atom stereocenters. The molecule has 30 heavy (non-hydrogen) atoms. The molecule has 2 aliphatic rings. The van der Waals surface area contributed by atoms with Crippen molar-refractivity contribution < 1.29 is 9.53 Å². The molecule has 1 aromatic carbocycles. The maximum absolute atomic E-state index is 13.0. The molecule has 4 rings (SSSR count). The number of piperidine rings is 1. The molecule has 3 heterocycles. The fraction of sp³-hybridized carbons (Fsp3) is 0.591. The number of ether oxygens (including phenoxy) is 1. The minimum atomic E-state index is -0.197. The first kappa shape index (κ1) is 21.2. The van der Waals surface area contributed by atoms with Crippen LogP contribution in [-0.2, 0) is 16.0 Å². The van der Waals surface area contributed by atoms with E-state index in [1.54, 1.807) is 0 Å².